The third-order valence-corrected chi connectivity index (χ3v) is 3.66. The van der Waals surface area contributed by atoms with Gasteiger partial charge in [-0.3, -0.25) is 10.1 Å². The largest absolute Gasteiger partial charge is 0.380 e. The summed E-state index contributed by atoms with van der Waals surface area (Å²) in [6.45, 7) is 4.77. The Hall–Kier alpha value is -2.07. The van der Waals surface area contributed by atoms with E-state index in [2.05, 4.69) is 31.3 Å². The summed E-state index contributed by atoms with van der Waals surface area (Å²) >= 11 is 6.04. The maximum absolute atomic E-state index is 10.7. The van der Waals surface area contributed by atoms with Crippen LogP contribution in [0.1, 0.15) is 16.7 Å². The second-order valence-corrected chi connectivity index (χ2v) is 5.04. The third-order valence-electron chi connectivity index (χ3n) is 3.35. The lowest BCUT2D eigenvalue weighted by Gasteiger charge is -2.11. The van der Waals surface area contributed by atoms with Gasteiger partial charge >= 0.3 is 0 Å². The lowest BCUT2D eigenvalue weighted by Crippen LogP contribution is -2.03. The lowest BCUT2D eigenvalue weighted by atomic mass is 10.0. The van der Waals surface area contributed by atoms with Crippen LogP contribution in [0.15, 0.2) is 36.4 Å². The van der Waals surface area contributed by atoms with Crippen LogP contribution in [0.5, 0.6) is 0 Å². The number of benzene rings is 2. The van der Waals surface area contributed by atoms with E-state index in [1.54, 1.807) is 6.07 Å². The van der Waals surface area contributed by atoms with Crippen LogP contribution >= 0.6 is 11.6 Å². The molecule has 0 fully saturated rings. The molecule has 1 N–H and O–H groups in total. The maximum Gasteiger partial charge on any atom is 0.271 e. The first-order chi connectivity index (χ1) is 9.49. The van der Waals surface area contributed by atoms with Gasteiger partial charge in [-0.15, -0.1) is 0 Å². The number of nitro benzene ring substituents is 1. The summed E-state index contributed by atoms with van der Waals surface area (Å²) in [5.74, 6) is 0. The van der Waals surface area contributed by atoms with Crippen molar-refractivity contribution in [3.8, 4) is 0 Å². The predicted molar refractivity (Wildman–Crippen MR) is 81.3 cm³/mol. The molecule has 0 radical (unpaired) electrons. The number of anilines is 1. The molecule has 0 amide bonds. The summed E-state index contributed by atoms with van der Waals surface area (Å²) in [5.41, 5.74) is 4.34. The van der Waals surface area contributed by atoms with Crippen molar-refractivity contribution in [1.82, 2.24) is 0 Å². The summed E-state index contributed by atoms with van der Waals surface area (Å²) in [5, 5.41) is 14.2. The fraction of sp³-hybridized carbons (Fsp3) is 0.200. The van der Waals surface area contributed by atoms with E-state index < -0.39 is 4.92 Å². The van der Waals surface area contributed by atoms with Crippen LogP contribution in [0.25, 0.3) is 0 Å². The molecule has 0 aliphatic heterocycles. The Bertz CT molecular complexity index is 656. The summed E-state index contributed by atoms with van der Waals surface area (Å²) in [7, 11) is 0. The SMILES string of the molecule is Cc1cccc(CNc2ccc([N+](=O)[O-])cc2Cl)c1C. The molecule has 0 atom stereocenters. The fourth-order valence-corrected chi connectivity index (χ4v) is 2.20. The lowest BCUT2D eigenvalue weighted by molar-refractivity contribution is -0.384. The van der Waals surface area contributed by atoms with Gasteiger partial charge < -0.3 is 5.32 Å². The Morgan fingerprint density at radius 3 is 2.65 bits per heavy atom. The van der Waals surface area contributed by atoms with Gasteiger partial charge in [-0.05, 0) is 36.6 Å². The molecule has 5 heteroatoms. The molecule has 0 saturated heterocycles. The smallest absolute Gasteiger partial charge is 0.271 e. The van der Waals surface area contributed by atoms with E-state index in [0.717, 1.165) is 0 Å². The molecule has 0 aromatic heterocycles. The fourth-order valence-electron chi connectivity index (χ4n) is 1.95. The van der Waals surface area contributed by atoms with Gasteiger partial charge in [-0.25, -0.2) is 0 Å². The summed E-state index contributed by atoms with van der Waals surface area (Å²) in [6.07, 6.45) is 0. The highest BCUT2D eigenvalue weighted by Crippen LogP contribution is 2.27. The standard InChI is InChI=1S/C15H15ClN2O2/c1-10-4-3-5-12(11(10)2)9-17-15-7-6-13(18(19)20)8-14(15)16/h3-8,17H,9H2,1-2H3. The van der Waals surface area contributed by atoms with Crippen LogP contribution < -0.4 is 5.32 Å². The average molecular weight is 291 g/mol. The molecule has 0 aliphatic carbocycles. The van der Waals surface area contributed by atoms with E-state index in [1.165, 1.54) is 28.8 Å². The second kappa shape index (κ2) is 5.92. The van der Waals surface area contributed by atoms with Crippen LogP contribution in [-0.4, -0.2) is 4.92 Å². The number of aryl methyl sites for hydroxylation is 1. The molecule has 0 spiro atoms. The van der Waals surface area contributed by atoms with Crippen molar-refractivity contribution in [2.75, 3.05) is 5.32 Å². The molecule has 4 nitrogen and oxygen atoms in total. The van der Waals surface area contributed by atoms with E-state index >= 15 is 0 Å². The normalized spacial score (nSPS) is 10.3. The predicted octanol–water partition coefficient (Wildman–Crippen LogP) is 4.48. The molecule has 0 bridgehead atoms. The number of rotatable bonds is 4. The number of hydrogen-bond donors (Lipinski definition) is 1. The molecular formula is C15H15ClN2O2. The minimum atomic E-state index is -0.458. The topological polar surface area (TPSA) is 55.2 Å². The van der Waals surface area contributed by atoms with Crippen molar-refractivity contribution >= 4 is 23.0 Å². The first-order valence-electron chi connectivity index (χ1n) is 6.22. The monoisotopic (exact) mass is 290 g/mol. The zero-order valence-corrected chi connectivity index (χ0v) is 12.1. The quantitative estimate of drug-likeness (QED) is 0.667. The van der Waals surface area contributed by atoms with E-state index in [4.69, 9.17) is 11.6 Å². The van der Waals surface area contributed by atoms with Crippen LogP contribution in [0.2, 0.25) is 5.02 Å². The zero-order valence-electron chi connectivity index (χ0n) is 11.3. The maximum atomic E-state index is 10.7. The van der Waals surface area contributed by atoms with Gasteiger partial charge in [0.2, 0.25) is 0 Å². The van der Waals surface area contributed by atoms with E-state index in [0.29, 0.717) is 17.3 Å². The highest BCUT2D eigenvalue weighted by Gasteiger charge is 2.09. The summed E-state index contributed by atoms with van der Waals surface area (Å²) in [6, 6.07) is 10.6. The molecule has 20 heavy (non-hydrogen) atoms. The molecule has 2 aromatic rings. The van der Waals surface area contributed by atoms with Gasteiger partial charge in [0.05, 0.1) is 15.6 Å². The van der Waals surface area contributed by atoms with E-state index in [-0.39, 0.29) is 5.69 Å². The number of halogens is 1. The van der Waals surface area contributed by atoms with Crippen molar-refractivity contribution < 1.29 is 4.92 Å². The Labute approximate surface area is 122 Å². The molecular weight excluding hydrogens is 276 g/mol. The first-order valence-corrected chi connectivity index (χ1v) is 6.59. The van der Waals surface area contributed by atoms with Gasteiger partial charge in [0.1, 0.15) is 0 Å². The number of nitro groups is 1. The van der Waals surface area contributed by atoms with Crippen LogP contribution in [0.3, 0.4) is 0 Å². The molecule has 0 heterocycles. The Morgan fingerprint density at radius 1 is 1.25 bits per heavy atom. The van der Waals surface area contributed by atoms with Crippen molar-refractivity contribution in [2.45, 2.75) is 20.4 Å². The molecule has 0 unspecified atom stereocenters. The van der Waals surface area contributed by atoms with Crippen LogP contribution in [0.4, 0.5) is 11.4 Å². The molecule has 2 rings (SSSR count). The second-order valence-electron chi connectivity index (χ2n) is 4.63. The number of nitrogens with zero attached hydrogens (tertiary/aromatic N) is 1. The van der Waals surface area contributed by atoms with Crippen LogP contribution in [0, 0.1) is 24.0 Å². The van der Waals surface area contributed by atoms with Gasteiger partial charge in [0.25, 0.3) is 5.69 Å². The molecule has 2 aromatic carbocycles. The zero-order chi connectivity index (χ0) is 14.7. The first kappa shape index (κ1) is 14.3. The Kier molecular flexibility index (Phi) is 4.25. The highest BCUT2D eigenvalue weighted by molar-refractivity contribution is 6.33. The molecule has 0 saturated carbocycles. The van der Waals surface area contributed by atoms with Gasteiger partial charge in [-0.2, -0.15) is 0 Å². The molecule has 104 valence electrons. The number of hydrogen-bond acceptors (Lipinski definition) is 3. The van der Waals surface area contributed by atoms with Crippen molar-refractivity contribution in [2.24, 2.45) is 0 Å². The Morgan fingerprint density at radius 2 is 2.00 bits per heavy atom. The van der Waals surface area contributed by atoms with Gasteiger partial charge in [0.15, 0.2) is 0 Å². The van der Waals surface area contributed by atoms with Gasteiger partial charge in [0, 0.05) is 18.7 Å². The number of nitrogens with one attached hydrogen (secondary N) is 1. The van der Waals surface area contributed by atoms with E-state index in [1.807, 2.05) is 6.07 Å². The van der Waals surface area contributed by atoms with E-state index in [9.17, 15) is 10.1 Å². The third kappa shape index (κ3) is 3.08. The van der Waals surface area contributed by atoms with Crippen molar-refractivity contribution in [3.05, 3.63) is 68.2 Å². The van der Waals surface area contributed by atoms with Crippen molar-refractivity contribution in [3.63, 3.8) is 0 Å². The average Bonchev–Trinajstić information content (AvgIpc) is 2.41. The minimum absolute atomic E-state index is 0.00714. The molecule has 0 aliphatic rings. The number of non-ortho nitro benzene ring substituents is 1. The van der Waals surface area contributed by atoms with Gasteiger partial charge in [-0.1, -0.05) is 29.8 Å². The highest BCUT2D eigenvalue weighted by atomic mass is 35.5. The summed E-state index contributed by atoms with van der Waals surface area (Å²) in [4.78, 5) is 10.2. The Balaban J connectivity index is 2.15. The van der Waals surface area contributed by atoms with Crippen molar-refractivity contribution in [1.29, 1.82) is 0 Å². The summed E-state index contributed by atoms with van der Waals surface area (Å²) < 4.78 is 0. The van der Waals surface area contributed by atoms with Crippen LogP contribution in [-0.2, 0) is 6.54 Å². The minimum Gasteiger partial charge on any atom is -0.380 e.